The number of benzene rings is 1. The molecule has 118 valence electrons. The Morgan fingerprint density at radius 1 is 0.864 bits per heavy atom. The molecule has 0 radical (unpaired) electrons. The SMILES string of the molecule is OC1CCC(OC2/C=C/CC/C=C/CCC2)c2ccccc21. The van der Waals surface area contributed by atoms with Gasteiger partial charge >= 0.3 is 0 Å². The lowest BCUT2D eigenvalue weighted by atomic mass is 9.87. The molecule has 0 amide bonds. The summed E-state index contributed by atoms with van der Waals surface area (Å²) in [7, 11) is 0. The van der Waals surface area contributed by atoms with Gasteiger partial charge in [-0.2, -0.15) is 0 Å². The van der Waals surface area contributed by atoms with Crippen molar-refractivity contribution in [3.05, 3.63) is 59.7 Å². The van der Waals surface area contributed by atoms with Crippen LogP contribution in [0, 0.1) is 0 Å². The van der Waals surface area contributed by atoms with Gasteiger partial charge in [0.05, 0.1) is 18.3 Å². The van der Waals surface area contributed by atoms with Crippen molar-refractivity contribution in [3.8, 4) is 0 Å². The Hall–Kier alpha value is -1.38. The molecule has 0 heterocycles. The number of rotatable bonds is 2. The molecule has 1 aromatic carbocycles. The Morgan fingerprint density at radius 2 is 1.64 bits per heavy atom. The largest absolute Gasteiger partial charge is 0.388 e. The van der Waals surface area contributed by atoms with E-state index in [2.05, 4.69) is 30.4 Å². The lowest BCUT2D eigenvalue weighted by molar-refractivity contribution is -0.0158. The van der Waals surface area contributed by atoms with Crippen molar-refractivity contribution in [2.24, 2.45) is 0 Å². The van der Waals surface area contributed by atoms with Crippen LogP contribution in [0.5, 0.6) is 0 Å². The fourth-order valence-electron chi connectivity index (χ4n) is 3.40. The molecule has 0 fully saturated rings. The Kier molecular flexibility index (Phi) is 5.47. The molecular weight excluding hydrogens is 272 g/mol. The molecule has 0 saturated carbocycles. The Balaban J connectivity index is 1.70. The Bertz CT molecular complexity index is 532. The van der Waals surface area contributed by atoms with Crippen LogP contribution in [-0.4, -0.2) is 11.2 Å². The van der Waals surface area contributed by atoms with E-state index in [-0.39, 0.29) is 18.3 Å². The minimum atomic E-state index is -0.333. The van der Waals surface area contributed by atoms with Gasteiger partial charge in [0.15, 0.2) is 0 Å². The molecule has 3 unspecified atom stereocenters. The second kappa shape index (κ2) is 7.75. The van der Waals surface area contributed by atoms with Crippen LogP contribution in [0.25, 0.3) is 0 Å². The first-order valence-corrected chi connectivity index (χ1v) is 8.58. The summed E-state index contributed by atoms with van der Waals surface area (Å²) in [6, 6.07) is 8.18. The molecule has 0 saturated heterocycles. The van der Waals surface area contributed by atoms with Crippen LogP contribution in [0.2, 0.25) is 0 Å². The molecule has 2 nitrogen and oxygen atoms in total. The first-order chi connectivity index (χ1) is 10.8. The third-order valence-electron chi connectivity index (χ3n) is 4.62. The van der Waals surface area contributed by atoms with E-state index in [0.717, 1.165) is 44.1 Å². The monoisotopic (exact) mass is 298 g/mol. The van der Waals surface area contributed by atoms with Crippen LogP contribution >= 0.6 is 0 Å². The number of fused-ring (bicyclic) bond motifs is 1. The zero-order valence-electron chi connectivity index (χ0n) is 13.2. The van der Waals surface area contributed by atoms with Gasteiger partial charge in [0.25, 0.3) is 0 Å². The van der Waals surface area contributed by atoms with Gasteiger partial charge in [-0.3, -0.25) is 0 Å². The molecule has 1 aromatic rings. The molecular formula is C20H26O2. The summed E-state index contributed by atoms with van der Waals surface area (Å²) in [5, 5.41) is 10.2. The highest BCUT2D eigenvalue weighted by Crippen LogP contribution is 2.39. The maximum atomic E-state index is 10.2. The molecule has 1 N–H and O–H groups in total. The zero-order valence-corrected chi connectivity index (χ0v) is 13.2. The maximum Gasteiger partial charge on any atom is 0.0837 e. The second-order valence-corrected chi connectivity index (χ2v) is 6.29. The average Bonchev–Trinajstić information content (AvgIpc) is 2.56. The topological polar surface area (TPSA) is 29.5 Å². The summed E-state index contributed by atoms with van der Waals surface area (Å²) >= 11 is 0. The number of aliphatic hydroxyl groups excluding tert-OH is 1. The summed E-state index contributed by atoms with van der Waals surface area (Å²) in [5.41, 5.74) is 2.22. The second-order valence-electron chi connectivity index (χ2n) is 6.29. The van der Waals surface area contributed by atoms with Gasteiger partial charge in [-0.25, -0.2) is 0 Å². The van der Waals surface area contributed by atoms with Gasteiger partial charge in [0.1, 0.15) is 0 Å². The summed E-state index contributed by atoms with van der Waals surface area (Å²) in [5.74, 6) is 0. The molecule has 3 atom stereocenters. The maximum absolute atomic E-state index is 10.2. The number of hydrogen-bond donors (Lipinski definition) is 1. The number of ether oxygens (including phenoxy) is 1. The highest BCUT2D eigenvalue weighted by Gasteiger charge is 2.27. The standard InChI is InChI=1S/C20H26O2/c21-19-14-15-20(18-13-9-8-12-17(18)19)22-16-10-6-4-2-1-3-5-7-11-16/h1-2,7-9,11-13,16,19-21H,3-6,10,14-15H2/b2-1+,11-7+. The Labute approximate surface area is 133 Å². The predicted octanol–water partition coefficient (Wildman–Crippen LogP) is 5.02. The summed E-state index contributed by atoms with van der Waals surface area (Å²) in [4.78, 5) is 0. The molecule has 0 bridgehead atoms. The van der Waals surface area contributed by atoms with E-state index in [1.54, 1.807) is 0 Å². The quantitative estimate of drug-likeness (QED) is 0.777. The van der Waals surface area contributed by atoms with Gasteiger partial charge in [-0.1, -0.05) is 48.6 Å². The average molecular weight is 298 g/mol. The van der Waals surface area contributed by atoms with E-state index in [0.29, 0.717) is 0 Å². The first kappa shape index (κ1) is 15.5. The lowest BCUT2D eigenvalue weighted by Gasteiger charge is -2.31. The van der Waals surface area contributed by atoms with Crippen molar-refractivity contribution in [1.29, 1.82) is 0 Å². The molecule has 0 aliphatic heterocycles. The van der Waals surface area contributed by atoms with E-state index < -0.39 is 0 Å². The summed E-state index contributed by atoms with van der Waals surface area (Å²) in [6.07, 6.45) is 16.4. The van der Waals surface area contributed by atoms with Crippen molar-refractivity contribution in [2.45, 2.75) is 63.3 Å². The lowest BCUT2D eigenvalue weighted by Crippen LogP contribution is -2.21. The highest BCUT2D eigenvalue weighted by molar-refractivity contribution is 5.33. The summed E-state index contributed by atoms with van der Waals surface area (Å²) < 4.78 is 6.42. The minimum absolute atomic E-state index is 0.118. The van der Waals surface area contributed by atoms with Gasteiger partial charge in [0.2, 0.25) is 0 Å². The van der Waals surface area contributed by atoms with Gasteiger partial charge in [-0.15, -0.1) is 0 Å². The summed E-state index contributed by atoms with van der Waals surface area (Å²) in [6.45, 7) is 0. The van der Waals surface area contributed by atoms with Crippen molar-refractivity contribution in [2.75, 3.05) is 0 Å². The molecule has 2 aliphatic carbocycles. The van der Waals surface area contributed by atoms with Crippen LogP contribution in [0.15, 0.2) is 48.6 Å². The smallest absolute Gasteiger partial charge is 0.0837 e. The molecule has 22 heavy (non-hydrogen) atoms. The van der Waals surface area contributed by atoms with Crippen LogP contribution in [0.3, 0.4) is 0 Å². The van der Waals surface area contributed by atoms with Crippen molar-refractivity contribution in [1.82, 2.24) is 0 Å². The molecule has 0 aromatic heterocycles. The van der Waals surface area contributed by atoms with Crippen LogP contribution in [0.1, 0.15) is 68.3 Å². The minimum Gasteiger partial charge on any atom is -0.388 e. The van der Waals surface area contributed by atoms with Crippen LogP contribution < -0.4 is 0 Å². The van der Waals surface area contributed by atoms with E-state index in [4.69, 9.17) is 4.74 Å². The van der Waals surface area contributed by atoms with E-state index >= 15 is 0 Å². The molecule has 3 rings (SSSR count). The van der Waals surface area contributed by atoms with E-state index in [1.165, 1.54) is 12.0 Å². The third kappa shape index (κ3) is 3.88. The Morgan fingerprint density at radius 3 is 2.55 bits per heavy atom. The van der Waals surface area contributed by atoms with Gasteiger partial charge in [-0.05, 0) is 56.1 Å². The fourth-order valence-corrected chi connectivity index (χ4v) is 3.40. The van der Waals surface area contributed by atoms with Crippen molar-refractivity contribution < 1.29 is 9.84 Å². The molecule has 2 aliphatic rings. The van der Waals surface area contributed by atoms with Crippen molar-refractivity contribution >= 4 is 0 Å². The van der Waals surface area contributed by atoms with Crippen LogP contribution in [-0.2, 0) is 4.74 Å². The van der Waals surface area contributed by atoms with Gasteiger partial charge < -0.3 is 9.84 Å². The van der Waals surface area contributed by atoms with Gasteiger partial charge in [0, 0.05) is 0 Å². The van der Waals surface area contributed by atoms with E-state index in [1.807, 2.05) is 18.2 Å². The van der Waals surface area contributed by atoms with Crippen LogP contribution in [0.4, 0.5) is 0 Å². The molecule has 2 heteroatoms. The first-order valence-electron chi connectivity index (χ1n) is 8.58. The number of aliphatic hydroxyl groups is 1. The predicted molar refractivity (Wildman–Crippen MR) is 89.6 cm³/mol. The third-order valence-corrected chi connectivity index (χ3v) is 4.62. The highest BCUT2D eigenvalue weighted by atomic mass is 16.5. The zero-order chi connectivity index (χ0) is 15.2. The number of hydrogen-bond acceptors (Lipinski definition) is 2. The van der Waals surface area contributed by atoms with E-state index in [9.17, 15) is 5.11 Å². The van der Waals surface area contributed by atoms with Crippen molar-refractivity contribution in [3.63, 3.8) is 0 Å². The fraction of sp³-hybridized carbons (Fsp3) is 0.500. The number of allylic oxidation sites excluding steroid dienone is 3. The molecule has 0 spiro atoms. The normalized spacial score (nSPS) is 32.0.